The SMILES string of the molecule is CCc1c(CCC#N)cnc2c1CCCN2CCNC. The van der Waals surface area contributed by atoms with Gasteiger partial charge in [0.1, 0.15) is 5.82 Å². The van der Waals surface area contributed by atoms with Crippen LogP contribution >= 0.6 is 0 Å². The van der Waals surface area contributed by atoms with Crippen LogP contribution in [0.1, 0.15) is 36.5 Å². The Morgan fingerprint density at radius 2 is 2.35 bits per heavy atom. The van der Waals surface area contributed by atoms with E-state index >= 15 is 0 Å². The Hall–Kier alpha value is -1.60. The summed E-state index contributed by atoms with van der Waals surface area (Å²) in [6, 6.07) is 2.24. The highest BCUT2D eigenvalue weighted by atomic mass is 15.2. The number of nitrogens with one attached hydrogen (secondary N) is 1. The summed E-state index contributed by atoms with van der Waals surface area (Å²) in [7, 11) is 1.99. The largest absolute Gasteiger partial charge is 0.355 e. The van der Waals surface area contributed by atoms with E-state index in [2.05, 4.69) is 23.2 Å². The van der Waals surface area contributed by atoms with Gasteiger partial charge in [0.25, 0.3) is 0 Å². The molecule has 1 aromatic heterocycles. The molecule has 108 valence electrons. The van der Waals surface area contributed by atoms with Crippen LogP contribution in [0.25, 0.3) is 0 Å². The molecule has 0 amide bonds. The number of hydrogen-bond acceptors (Lipinski definition) is 4. The lowest BCUT2D eigenvalue weighted by Gasteiger charge is -2.32. The maximum absolute atomic E-state index is 8.78. The van der Waals surface area contributed by atoms with Crippen molar-refractivity contribution in [3.63, 3.8) is 0 Å². The zero-order chi connectivity index (χ0) is 14.4. The number of rotatable bonds is 6. The van der Waals surface area contributed by atoms with Crippen LogP contribution in [0.3, 0.4) is 0 Å². The number of aromatic nitrogens is 1. The van der Waals surface area contributed by atoms with Crippen LogP contribution in [0.2, 0.25) is 0 Å². The fourth-order valence-electron chi connectivity index (χ4n) is 3.02. The Kier molecular flexibility index (Phi) is 5.37. The zero-order valence-electron chi connectivity index (χ0n) is 12.6. The molecule has 0 radical (unpaired) electrons. The summed E-state index contributed by atoms with van der Waals surface area (Å²) in [5.41, 5.74) is 4.12. The number of anilines is 1. The molecule has 0 fully saturated rings. The van der Waals surface area contributed by atoms with Gasteiger partial charge in [-0.25, -0.2) is 4.98 Å². The highest BCUT2D eigenvalue weighted by Gasteiger charge is 2.21. The van der Waals surface area contributed by atoms with Crippen molar-refractivity contribution in [2.45, 2.75) is 39.0 Å². The molecular weight excluding hydrogens is 248 g/mol. The van der Waals surface area contributed by atoms with E-state index in [1.807, 2.05) is 13.2 Å². The highest BCUT2D eigenvalue weighted by molar-refractivity contribution is 5.55. The van der Waals surface area contributed by atoms with Gasteiger partial charge in [-0.3, -0.25) is 0 Å². The highest BCUT2D eigenvalue weighted by Crippen LogP contribution is 2.30. The van der Waals surface area contributed by atoms with E-state index in [9.17, 15) is 0 Å². The van der Waals surface area contributed by atoms with Crippen LogP contribution in [0.15, 0.2) is 6.20 Å². The van der Waals surface area contributed by atoms with Gasteiger partial charge in [-0.1, -0.05) is 6.92 Å². The first-order valence-electron chi connectivity index (χ1n) is 7.58. The second-order valence-electron chi connectivity index (χ2n) is 5.27. The van der Waals surface area contributed by atoms with E-state index < -0.39 is 0 Å². The molecule has 0 aromatic carbocycles. The lowest BCUT2D eigenvalue weighted by molar-refractivity contribution is 0.649. The van der Waals surface area contributed by atoms with Crippen molar-refractivity contribution < 1.29 is 0 Å². The van der Waals surface area contributed by atoms with Gasteiger partial charge < -0.3 is 10.2 Å². The third-order valence-corrected chi connectivity index (χ3v) is 4.01. The Morgan fingerprint density at radius 3 is 3.05 bits per heavy atom. The van der Waals surface area contributed by atoms with Crippen LogP contribution in [0.5, 0.6) is 0 Å². The van der Waals surface area contributed by atoms with E-state index in [0.29, 0.717) is 6.42 Å². The Balaban J connectivity index is 2.30. The molecule has 1 aliphatic heterocycles. The minimum absolute atomic E-state index is 0.580. The predicted octanol–water partition coefficient (Wildman–Crippen LogP) is 2.07. The molecule has 1 aliphatic rings. The molecule has 4 heteroatoms. The van der Waals surface area contributed by atoms with Gasteiger partial charge in [0, 0.05) is 32.3 Å². The lowest BCUT2D eigenvalue weighted by atomic mass is 9.93. The molecule has 2 heterocycles. The molecule has 0 unspecified atom stereocenters. The van der Waals surface area contributed by atoms with Crippen molar-refractivity contribution in [2.24, 2.45) is 0 Å². The van der Waals surface area contributed by atoms with E-state index in [-0.39, 0.29) is 0 Å². The average molecular weight is 272 g/mol. The van der Waals surface area contributed by atoms with Crippen LogP contribution in [-0.2, 0) is 19.3 Å². The second kappa shape index (κ2) is 7.25. The number of fused-ring (bicyclic) bond motifs is 1. The fraction of sp³-hybridized carbons (Fsp3) is 0.625. The van der Waals surface area contributed by atoms with Crippen LogP contribution in [-0.4, -0.2) is 31.7 Å². The molecule has 0 saturated heterocycles. The standard InChI is InChI=1S/C16H24N4/c1-3-14-13(6-4-8-17)12-19-16-15(14)7-5-10-20(16)11-9-18-2/h12,18H,3-7,9-11H2,1-2H3. The smallest absolute Gasteiger partial charge is 0.132 e. The number of nitriles is 1. The molecule has 1 aromatic rings. The molecule has 0 bridgehead atoms. The van der Waals surface area contributed by atoms with Crippen molar-refractivity contribution in [3.05, 3.63) is 22.9 Å². The molecule has 4 nitrogen and oxygen atoms in total. The monoisotopic (exact) mass is 272 g/mol. The second-order valence-corrected chi connectivity index (χ2v) is 5.27. The molecule has 2 rings (SSSR count). The van der Waals surface area contributed by atoms with Gasteiger partial charge >= 0.3 is 0 Å². The molecular formula is C16H24N4. The number of hydrogen-bond donors (Lipinski definition) is 1. The topological polar surface area (TPSA) is 52.0 Å². The molecule has 0 atom stereocenters. The molecule has 0 saturated carbocycles. The summed E-state index contributed by atoms with van der Waals surface area (Å²) >= 11 is 0. The van der Waals surface area contributed by atoms with Gasteiger partial charge in [-0.15, -0.1) is 0 Å². The molecule has 1 N–H and O–H groups in total. The quantitative estimate of drug-likeness (QED) is 0.861. The minimum atomic E-state index is 0.580. The summed E-state index contributed by atoms with van der Waals surface area (Å²) in [5, 5.41) is 12.0. The first-order chi connectivity index (χ1) is 9.81. The molecule has 0 spiro atoms. The lowest BCUT2D eigenvalue weighted by Crippen LogP contribution is -2.36. The Morgan fingerprint density at radius 1 is 1.50 bits per heavy atom. The van der Waals surface area contributed by atoms with Crippen molar-refractivity contribution >= 4 is 5.82 Å². The van der Waals surface area contributed by atoms with E-state index in [1.54, 1.807) is 0 Å². The van der Waals surface area contributed by atoms with E-state index in [1.165, 1.54) is 28.9 Å². The number of nitrogens with zero attached hydrogens (tertiary/aromatic N) is 3. The summed E-state index contributed by atoms with van der Waals surface area (Å²) in [6.45, 7) is 5.30. The maximum atomic E-state index is 8.78. The maximum Gasteiger partial charge on any atom is 0.132 e. The van der Waals surface area contributed by atoms with Crippen molar-refractivity contribution in [2.75, 3.05) is 31.6 Å². The van der Waals surface area contributed by atoms with Gasteiger partial charge in [0.2, 0.25) is 0 Å². The number of aryl methyl sites for hydroxylation is 1. The first-order valence-corrected chi connectivity index (χ1v) is 7.58. The molecule has 0 aliphatic carbocycles. The number of likely N-dealkylation sites (N-methyl/N-ethyl adjacent to an activating group) is 1. The predicted molar refractivity (Wildman–Crippen MR) is 82.0 cm³/mol. The summed E-state index contributed by atoms with van der Waals surface area (Å²) in [4.78, 5) is 7.10. The average Bonchev–Trinajstić information content (AvgIpc) is 2.49. The van der Waals surface area contributed by atoms with Gasteiger partial charge in [0.15, 0.2) is 0 Å². The zero-order valence-corrected chi connectivity index (χ0v) is 12.6. The summed E-state index contributed by atoms with van der Waals surface area (Å²) in [5.74, 6) is 1.17. The van der Waals surface area contributed by atoms with Crippen LogP contribution < -0.4 is 10.2 Å². The van der Waals surface area contributed by atoms with E-state index in [0.717, 1.165) is 38.9 Å². The first kappa shape index (κ1) is 14.8. The number of pyridine rings is 1. The fourth-order valence-corrected chi connectivity index (χ4v) is 3.02. The van der Waals surface area contributed by atoms with Gasteiger partial charge in [0.05, 0.1) is 6.07 Å². The third-order valence-electron chi connectivity index (χ3n) is 4.01. The summed E-state index contributed by atoms with van der Waals surface area (Å²) < 4.78 is 0. The van der Waals surface area contributed by atoms with Crippen molar-refractivity contribution in [1.82, 2.24) is 10.3 Å². The van der Waals surface area contributed by atoms with Crippen molar-refractivity contribution in [3.8, 4) is 6.07 Å². The Labute approximate surface area is 121 Å². The Bertz CT molecular complexity index is 490. The molecule has 20 heavy (non-hydrogen) atoms. The van der Waals surface area contributed by atoms with Crippen LogP contribution in [0, 0.1) is 11.3 Å². The third kappa shape index (κ3) is 3.10. The van der Waals surface area contributed by atoms with Crippen LogP contribution in [0.4, 0.5) is 5.82 Å². The van der Waals surface area contributed by atoms with E-state index in [4.69, 9.17) is 10.2 Å². The van der Waals surface area contributed by atoms with Gasteiger partial charge in [-0.05, 0) is 49.4 Å². The minimum Gasteiger partial charge on any atom is -0.355 e. The van der Waals surface area contributed by atoms with Gasteiger partial charge in [-0.2, -0.15) is 5.26 Å². The van der Waals surface area contributed by atoms with Crippen molar-refractivity contribution in [1.29, 1.82) is 5.26 Å². The summed E-state index contributed by atoms with van der Waals surface area (Å²) in [6.07, 6.45) is 6.76. The normalized spacial score (nSPS) is 13.9.